The Hall–Kier alpha value is -2.94. The van der Waals surface area contributed by atoms with Crippen LogP contribution in [-0.4, -0.2) is 15.5 Å². The van der Waals surface area contributed by atoms with Crippen LogP contribution in [-0.2, 0) is 19.6 Å². The van der Waals surface area contributed by atoms with E-state index in [0.717, 1.165) is 29.2 Å². The van der Waals surface area contributed by atoms with Gasteiger partial charge in [-0.15, -0.1) is 11.3 Å². The van der Waals surface area contributed by atoms with Crippen LogP contribution in [0.2, 0.25) is 0 Å². The second-order valence-corrected chi connectivity index (χ2v) is 7.78. The van der Waals surface area contributed by atoms with E-state index in [0.29, 0.717) is 16.0 Å². The van der Waals surface area contributed by atoms with Crippen molar-refractivity contribution in [1.29, 1.82) is 0 Å². The van der Waals surface area contributed by atoms with Crippen molar-refractivity contribution in [3.8, 4) is 0 Å². The number of nitrogens with one attached hydrogen (secondary N) is 1. The van der Waals surface area contributed by atoms with Gasteiger partial charge in [0.1, 0.15) is 5.56 Å². The normalized spacial score (nSPS) is 11.5. The van der Waals surface area contributed by atoms with Crippen LogP contribution in [0, 0.1) is 13.8 Å². The van der Waals surface area contributed by atoms with Crippen molar-refractivity contribution in [2.45, 2.75) is 26.4 Å². The minimum absolute atomic E-state index is 0.0349. The fourth-order valence-electron chi connectivity index (χ4n) is 2.92. The lowest BCUT2D eigenvalue weighted by atomic mass is 10.1. The molecular weight excluding hydrogens is 403 g/mol. The maximum Gasteiger partial charge on any atom is 0.416 e. The number of alkyl halides is 3. The summed E-state index contributed by atoms with van der Waals surface area (Å²) >= 11 is 1.15. The molecule has 152 valence electrons. The van der Waals surface area contributed by atoms with E-state index in [1.54, 1.807) is 33.0 Å². The average molecular weight is 421 g/mol. The smallest absolute Gasteiger partial charge is 0.315 e. The predicted octanol–water partition coefficient (Wildman–Crippen LogP) is 4.32. The minimum Gasteiger partial charge on any atom is -0.315 e. The topological polar surface area (TPSA) is 64.0 Å². The van der Waals surface area contributed by atoms with Gasteiger partial charge in [0, 0.05) is 30.2 Å². The Balaban J connectivity index is 1.77. The van der Waals surface area contributed by atoms with Crippen LogP contribution in [0.5, 0.6) is 0 Å². The van der Waals surface area contributed by atoms with E-state index in [4.69, 9.17) is 0 Å². The number of nitrogens with zero attached hydrogens (tertiary/aromatic N) is 2. The number of benzene rings is 1. The van der Waals surface area contributed by atoms with Crippen molar-refractivity contribution in [2.75, 3.05) is 5.32 Å². The summed E-state index contributed by atoms with van der Waals surface area (Å²) in [5.74, 6) is -0.567. The van der Waals surface area contributed by atoms with Crippen molar-refractivity contribution in [2.24, 2.45) is 7.05 Å². The Morgan fingerprint density at radius 2 is 1.97 bits per heavy atom. The van der Waals surface area contributed by atoms with E-state index >= 15 is 0 Å². The fourth-order valence-corrected chi connectivity index (χ4v) is 3.76. The molecule has 0 aliphatic rings. The molecule has 1 aromatic carbocycles. The summed E-state index contributed by atoms with van der Waals surface area (Å²) in [5.41, 5.74) is 0.710. The van der Waals surface area contributed by atoms with Crippen molar-refractivity contribution in [1.82, 2.24) is 9.55 Å². The molecule has 9 heteroatoms. The highest BCUT2D eigenvalue weighted by Crippen LogP contribution is 2.30. The fraction of sp³-hybridized carbons (Fsp3) is 0.250. The summed E-state index contributed by atoms with van der Waals surface area (Å²) in [6, 6.07) is 6.82. The first kappa shape index (κ1) is 20.8. The lowest BCUT2D eigenvalue weighted by Crippen LogP contribution is -2.30. The lowest BCUT2D eigenvalue weighted by molar-refractivity contribution is -0.137. The molecule has 0 saturated carbocycles. The molecule has 3 rings (SSSR count). The van der Waals surface area contributed by atoms with Crippen LogP contribution < -0.4 is 10.9 Å². The number of carbonyl (C=O) groups is 1. The molecule has 5 nitrogen and oxygen atoms in total. The molecular formula is C20H18F3N3O2S. The van der Waals surface area contributed by atoms with Crippen LogP contribution >= 0.6 is 11.3 Å². The SMILES string of the molecule is Cc1cc(C)n(C)c(=O)c1C(=O)Nc1ncc(Cc2cccc(C(F)(F)F)c2)s1. The zero-order valence-electron chi connectivity index (χ0n) is 15.9. The summed E-state index contributed by atoms with van der Waals surface area (Å²) in [7, 11) is 1.59. The first-order chi connectivity index (χ1) is 13.6. The molecule has 2 heterocycles. The van der Waals surface area contributed by atoms with E-state index in [9.17, 15) is 22.8 Å². The molecule has 1 N–H and O–H groups in total. The summed E-state index contributed by atoms with van der Waals surface area (Å²) in [6.07, 6.45) is -2.65. The monoisotopic (exact) mass is 421 g/mol. The molecule has 29 heavy (non-hydrogen) atoms. The van der Waals surface area contributed by atoms with Gasteiger partial charge in [0.05, 0.1) is 5.56 Å². The number of carbonyl (C=O) groups excluding carboxylic acids is 1. The Kier molecular flexibility index (Phi) is 5.61. The van der Waals surface area contributed by atoms with Gasteiger partial charge >= 0.3 is 6.18 Å². The van der Waals surface area contributed by atoms with Gasteiger partial charge in [-0.25, -0.2) is 4.98 Å². The Morgan fingerprint density at radius 3 is 2.66 bits per heavy atom. The molecule has 0 saturated heterocycles. The minimum atomic E-state index is -4.40. The zero-order valence-corrected chi connectivity index (χ0v) is 16.7. The number of hydrogen-bond acceptors (Lipinski definition) is 4. The van der Waals surface area contributed by atoms with Gasteiger partial charge in [0.15, 0.2) is 5.13 Å². The Bertz CT molecular complexity index is 1130. The molecule has 0 bridgehead atoms. The highest BCUT2D eigenvalue weighted by molar-refractivity contribution is 7.15. The molecule has 0 aliphatic carbocycles. The van der Waals surface area contributed by atoms with E-state index in [-0.39, 0.29) is 17.1 Å². The Morgan fingerprint density at radius 1 is 1.24 bits per heavy atom. The molecule has 0 atom stereocenters. The van der Waals surface area contributed by atoms with Crippen molar-refractivity contribution in [3.63, 3.8) is 0 Å². The third-order valence-corrected chi connectivity index (χ3v) is 5.41. The molecule has 1 amide bonds. The van der Waals surface area contributed by atoms with Gasteiger partial charge in [0.25, 0.3) is 11.5 Å². The molecule has 0 aliphatic heterocycles. The molecule has 0 radical (unpaired) electrons. The second kappa shape index (κ2) is 7.82. The largest absolute Gasteiger partial charge is 0.416 e. The van der Waals surface area contributed by atoms with E-state index < -0.39 is 23.2 Å². The van der Waals surface area contributed by atoms with Crippen LogP contribution in [0.4, 0.5) is 18.3 Å². The number of thiazole rings is 1. The van der Waals surface area contributed by atoms with Gasteiger partial charge in [-0.3, -0.25) is 14.9 Å². The number of rotatable bonds is 4. The predicted molar refractivity (Wildman–Crippen MR) is 105 cm³/mol. The zero-order chi connectivity index (χ0) is 21.3. The van der Waals surface area contributed by atoms with E-state index in [1.807, 2.05) is 0 Å². The number of amides is 1. The van der Waals surface area contributed by atoms with Gasteiger partial charge in [0.2, 0.25) is 0 Å². The van der Waals surface area contributed by atoms with E-state index in [1.165, 1.54) is 16.8 Å². The van der Waals surface area contributed by atoms with Crippen molar-refractivity contribution < 1.29 is 18.0 Å². The standard InChI is InChI=1S/C20H18F3N3O2S/c1-11-7-12(2)26(3)18(28)16(11)17(27)25-19-24-10-15(29-19)9-13-5-4-6-14(8-13)20(21,22)23/h4-8,10H,9H2,1-3H3,(H,24,25,27). The first-order valence-electron chi connectivity index (χ1n) is 8.65. The molecule has 0 spiro atoms. The molecule has 0 fully saturated rings. The van der Waals surface area contributed by atoms with Crippen LogP contribution in [0.15, 0.2) is 41.3 Å². The third kappa shape index (κ3) is 4.56. The first-order valence-corrected chi connectivity index (χ1v) is 9.47. The lowest BCUT2D eigenvalue weighted by Gasteiger charge is -2.10. The Labute approximate surface area is 168 Å². The summed E-state index contributed by atoms with van der Waals surface area (Å²) in [4.78, 5) is 29.7. The van der Waals surface area contributed by atoms with E-state index in [2.05, 4.69) is 10.3 Å². The van der Waals surface area contributed by atoms with Gasteiger partial charge in [-0.1, -0.05) is 18.2 Å². The van der Waals surface area contributed by atoms with Gasteiger partial charge in [-0.05, 0) is 37.1 Å². The maximum atomic E-state index is 12.8. The second-order valence-electron chi connectivity index (χ2n) is 6.67. The van der Waals surface area contributed by atoms with Crippen LogP contribution in [0.3, 0.4) is 0 Å². The van der Waals surface area contributed by atoms with Crippen molar-refractivity contribution >= 4 is 22.4 Å². The number of pyridine rings is 1. The molecule has 0 unspecified atom stereocenters. The number of hydrogen-bond donors (Lipinski definition) is 1. The van der Waals surface area contributed by atoms with Crippen LogP contribution in [0.1, 0.15) is 37.6 Å². The summed E-state index contributed by atoms with van der Waals surface area (Å²) in [6.45, 7) is 3.46. The molecule has 2 aromatic heterocycles. The quantitative estimate of drug-likeness (QED) is 0.682. The van der Waals surface area contributed by atoms with Gasteiger partial charge in [-0.2, -0.15) is 13.2 Å². The number of halogens is 3. The van der Waals surface area contributed by atoms with Crippen LogP contribution in [0.25, 0.3) is 0 Å². The summed E-state index contributed by atoms with van der Waals surface area (Å²) < 4.78 is 39.9. The average Bonchev–Trinajstić information content (AvgIpc) is 3.06. The molecule has 3 aromatic rings. The highest BCUT2D eigenvalue weighted by atomic mass is 32.1. The summed E-state index contributed by atoms with van der Waals surface area (Å²) in [5, 5.41) is 2.88. The number of aryl methyl sites for hydroxylation is 2. The number of aromatic nitrogens is 2. The third-order valence-electron chi connectivity index (χ3n) is 4.50. The van der Waals surface area contributed by atoms with Crippen molar-refractivity contribution in [3.05, 3.63) is 79.7 Å². The van der Waals surface area contributed by atoms with Gasteiger partial charge < -0.3 is 4.57 Å². The highest BCUT2D eigenvalue weighted by Gasteiger charge is 2.30. The maximum absolute atomic E-state index is 12.8. The number of anilines is 1.